The summed E-state index contributed by atoms with van der Waals surface area (Å²) in [7, 11) is -2.99. The van der Waals surface area contributed by atoms with Gasteiger partial charge in [0.1, 0.15) is 6.61 Å². The van der Waals surface area contributed by atoms with Crippen LogP contribution < -0.4 is 10.6 Å². The lowest BCUT2D eigenvalue weighted by Gasteiger charge is -2.34. The summed E-state index contributed by atoms with van der Waals surface area (Å²) in [6.07, 6.45) is 1.72. The Morgan fingerprint density at radius 3 is 2.40 bits per heavy atom. The molecule has 0 bridgehead atoms. The van der Waals surface area contributed by atoms with E-state index in [1.54, 1.807) is 0 Å². The average Bonchev–Trinajstić information content (AvgIpc) is 2.73. The van der Waals surface area contributed by atoms with Crippen molar-refractivity contribution in [3.05, 3.63) is 35.9 Å². The minimum absolute atomic E-state index is 0.180. The molecule has 170 valence electrons. The van der Waals surface area contributed by atoms with E-state index in [-0.39, 0.29) is 12.8 Å². The summed E-state index contributed by atoms with van der Waals surface area (Å²) in [5, 5.41) is 6.26. The van der Waals surface area contributed by atoms with Crippen molar-refractivity contribution in [2.24, 2.45) is 0 Å². The highest BCUT2D eigenvalue weighted by Crippen LogP contribution is 2.47. The number of likely N-dealkylation sites (tertiary alicyclic amines) is 1. The van der Waals surface area contributed by atoms with Gasteiger partial charge in [0.2, 0.25) is 0 Å². The Morgan fingerprint density at radius 1 is 1.17 bits per heavy atom. The third-order valence-electron chi connectivity index (χ3n) is 4.96. The number of hydrogen-bond acceptors (Lipinski definition) is 7. The second kappa shape index (κ2) is 13.1. The monoisotopic (exact) mass is 441 g/mol. The average molecular weight is 442 g/mol. The minimum Gasteiger partial charge on any atom is -0.445 e. The lowest BCUT2D eigenvalue weighted by atomic mass is 10.1. The number of hydrogen-bond donors (Lipinski definition) is 2. The largest absolute Gasteiger partial charge is 0.445 e. The molecule has 0 radical (unpaired) electrons. The van der Waals surface area contributed by atoms with Crippen molar-refractivity contribution >= 4 is 13.7 Å². The maximum atomic E-state index is 12.6. The number of nitrogens with one attached hydrogen (secondary N) is 2. The van der Waals surface area contributed by atoms with Crippen molar-refractivity contribution in [1.82, 2.24) is 15.5 Å². The maximum absolute atomic E-state index is 12.6. The Morgan fingerprint density at radius 2 is 1.80 bits per heavy atom. The number of piperidine rings is 1. The summed E-state index contributed by atoms with van der Waals surface area (Å²) in [4.78, 5) is 14.3. The van der Waals surface area contributed by atoms with Gasteiger partial charge in [0.15, 0.2) is 0 Å². The molecule has 1 saturated heterocycles. The summed E-state index contributed by atoms with van der Waals surface area (Å²) in [5.41, 5.74) is 0.957. The normalized spacial score (nSPS) is 16.9. The number of rotatable bonds is 12. The van der Waals surface area contributed by atoms with Crippen LogP contribution in [0.3, 0.4) is 0 Å². The Bertz CT molecular complexity index is 658. The van der Waals surface area contributed by atoms with Crippen molar-refractivity contribution in [3.63, 3.8) is 0 Å². The molecule has 1 heterocycles. The van der Waals surface area contributed by atoms with Gasteiger partial charge in [-0.15, -0.1) is 0 Å². The topological polar surface area (TPSA) is 89.1 Å². The van der Waals surface area contributed by atoms with Crippen molar-refractivity contribution in [1.29, 1.82) is 0 Å². The number of alkyl carbamates (subject to hydrolysis) is 1. The van der Waals surface area contributed by atoms with Crippen molar-refractivity contribution < 1.29 is 23.1 Å². The lowest BCUT2D eigenvalue weighted by Crippen LogP contribution is -2.51. The molecule has 1 atom stereocenters. The van der Waals surface area contributed by atoms with Gasteiger partial charge >= 0.3 is 13.7 Å². The molecule has 2 rings (SSSR count). The van der Waals surface area contributed by atoms with Crippen LogP contribution in [0.5, 0.6) is 0 Å². The van der Waals surface area contributed by atoms with E-state index in [1.807, 2.05) is 51.1 Å². The van der Waals surface area contributed by atoms with E-state index in [4.69, 9.17) is 13.8 Å². The van der Waals surface area contributed by atoms with Gasteiger partial charge in [-0.3, -0.25) is 9.88 Å². The summed E-state index contributed by atoms with van der Waals surface area (Å²) in [6, 6.07) is 9.92. The van der Waals surface area contributed by atoms with Gasteiger partial charge in [0.25, 0.3) is 0 Å². The zero-order chi connectivity index (χ0) is 21.8. The maximum Gasteiger partial charge on any atom is 0.408 e. The fraction of sp³-hybridized carbons (Fsp3) is 0.667. The van der Waals surface area contributed by atoms with Crippen LogP contribution in [0, 0.1) is 0 Å². The van der Waals surface area contributed by atoms with Gasteiger partial charge in [-0.2, -0.15) is 0 Å². The Kier molecular flexibility index (Phi) is 10.8. The molecule has 1 aromatic carbocycles. The van der Waals surface area contributed by atoms with Crippen LogP contribution in [-0.4, -0.2) is 62.2 Å². The number of nitrogens with zero attached hydrogens (tertiary/aromatic N) is 1. The highest BCUT2D eigenvalue weighted by atomic mass is 31.2. The van der Waals surface area contributed by atoms with E-state index < -0.39 is 13.7 Å². The van der Waals surface area contributed by atoms with Gasteiger partial charge < -0.3 is 24.0 Å². The molecule has 1 aliphatic rings. The summed E-state index contributed by atoms with van der Waals surface area (Å²) in [6.45, 7) is 9.11. The van der Waals surface area contributed by atoms with E-state index >= 15 is 0 Å². The molecule has 1 amide bonds. The first-order valence-electron chi connectivity index (χ1n) is 10.8. The van der Waals surface area contributed by atoms with E-state index in [0.717, 1.165) is 31.5 Å². The molecule has 1 aliphatic heterocycles. The Balaban J connectivity index is 1.63. The SMILES string of the molecule is CCOP(=O)(CCN1CCC(NC(C)NC(=O)OCc2ccccc2)CC1)OCC. The second-order valence-corrected chi connectivity index (χ2v) is 9.57. The standard InChI is InChI=1S/C21H36N3O5P/c1-4-28-30(26,29-5-2)16-15-24-13-11-20(12-14-24)22-18(3)23-21(25)27-17-19-9-7-6-8-10-19/h6-10,18,20,22H,4-5,11-17H2,1-3H3,(H,23,25). The Labute approximate surface area is 180 Å². The molecule has 0 aliphatic carbocycles. The van der Waals surface area contributed by atoms with Gasteiger partial charge in [-0.05, 0) is 52.3 Å². The first-order valence-corrected chi connectivity index (χ1v) is 12.5. The number of benzene rings is 1. The van der Waals surface area contributed by atoms with Crippen LogP contribution in [0.2, 0.25) is 0 Å². The number of ether oxygens (including phenoxy) is 1. The van der Waals surface area contributed by atoms with Crippen LogP contribution in [-0.2, 0) is 25.0 Å². The lowest BCUT2D eigenvalue weighted by molar-refractivity contribution is 0.131. The van der Waals surface area contributed by atoms with Crippen LogP contribution in [0.15, 0.2) is 30.3 Å². The zero-order valence-corrected chi connectivity index (χ0v) is 19.2. The van der Waals surface area contributed by atoms with Crippen molar-refractivity contribution in [2.45, 2.75) is 52.4 Å². The smallest absolute Gasteiger partial charge is 0.408 e. The van der Waals surface area contributed by atoms with Crippen LogP contribution in [0.1, 0.15) is 39.2 Å². The van der Waals surface area contributed by atoms with Crippen LogP contribution in [0.25, 0.3) is 0 Å². The summed E-state index contributed by atoms with van der Waals surface area (Å²) < 4.78 is 28.6. The van der Waals surface area contributed by atoms with E-state index in [0.29, 0.717) is 32.0 Å². The molecule has 1 aromatic rings. The molecule has 0 aromatic heterocycles. The minimum atomic E-state index is -2.99. The third kappa shape index (κ3) is 9.14. The summed E-state index contributed by atoms with van der Waals surface area (Å²) >= 11 is 0. The van der Waals surface area contributed by atoms with Crippen LogP contribution >= 0.6 is 7.60 Å². The quantitative estimate of drug-likeness (QED) is 0.379. The predicted octanol–water partition coefficient (Wildman–Crippen LogP) is 3.58. The van der Waals surface area contributed by atoms with Crippen LogP contribution in [0.4, 0.5) is 4.79 Å². The molecule has 1 fully saturated rings. The summed E-state index contributed by atoms with van der Waals surface area (Å²) in [5.74, 6) is 0. The molecular formula is C21H36N3O5P. The first-order chi connectivity index (χ1) is 14.4. The molecule has 0 saturated carbocycles. The highest BCUT2D eigenvalue weighted by molar-refractivity contribution is 7.53. The van der Waals surface area contributed by atoms with E-state index in [9.17, 15) is 9.36 Å². The Hall–Kier alpha value is -1.44. The molecular weight excluding hydrogens is 405 g/mol. The van der Waals surface area contributed by atoms with E-state index in [2.05, 4.69) is 15.5 Å². The molecule has 8 nitrogen and oxygen atoms in total. The number of carbonyl (C=O) groups excluding carboxylic acids is 1. The molecule has 0 spiro atoms. The van der Waals surface area contributed by atoms with Gasteiger partial charge in [-0.25, -0.2) is 4.79 Å². The molecule has 30 heavy (non-hydrogen) atoms. The molecule has 9 heteroatoms. The van der Waals surface area contributed by atoms with Gasteiger partial charge in [0.05, 0.1) is 25.5 Å². The van der Waals surface area contributed by atoms with Crippen molar-refractivity contribution in [2.75, 3.05) is 39.0 Å². The predicted molar refractivity (Wildman–Crippen MR) is 118 cm³/mol. The zero-order valence-electron chi connectivity index (χ0n) is 18.3. The fourth-order valence-electron chi connectivity index (χ4n) is 3.48. The number of amides is 1. The van der Waals surface area contributed by atoms with Crippen molar-refractivity contribution in [3.8, 4) is 0 Å². The van der Waals surface area contributed by atoms with E-state index in [1.165, 1.54) is 0 Å². The second-order valence-electron chi connectivity index (χ2n) is 7.38. The number of carbonyl (C=O) groups is 1. The van der Waals surface area contributed by atoms with Gasteiger partial charge in [-0.1, -0.05) is 30.3 Å². The molecule has 2 N–H and O–H groups in total. The first kappa shape index (κ1) is 24.8. The molecule has 1 unspecified atom stereocenters. The third-order valence-corrected chi connectivity index (χ3v) is 7.01. The fourth-order valence-corrected chi connectivity index (χ4v) is 5.13. The van der Waals surface area contributed by atoms with Gasteiger partial charge in [0, 0.05) is 12.6 Å². The highest BCUT2D eigenvalue weighted by Gasteiger charge is 2.27.